The highest BCUT2D eigenvalue weighted by atomic mass is 19.4. The second kappa shape index (κ2) is 6.78. The Bertz CT molecular complexity index is 1140. The molecule has 0 aliphatic heterocycles. The Hall–Kier alpha value is -3.16. The third kappa shape index (κ3) is 3.37. The monoisotopic (exact) mass is 388 g/mol. The van der Waals surface area contributed by atoms with Gasteiger partial charge in [0.05, 0.1) is 22.3 Å². The van der Waals surface area contributed by atoms with Crippen molar-refractivity contribution >= 4 is 11.0 Å². The first kappa shape index (κ1) is 18.2. The van der Waals surface area contributed by atoms with Gasteiger partial charge in [-0.1, -0.05) is 12.1 Å². The van der Waals surface area contributed by atoms with E-state index in [2.05, 4.69) is 15.0 Å². The van der Waals surface area contributed by atoms with Crippen LogP contribution in [0.2, 0.25) is 0 Å². The molecule has 2 heterocycles. The van der Waals surface area contributed by atoms with Gasteiger partial charge in [0.1, 0.15) is 17.5 Å². The minimum atomic E-state index is -4.41. The molecule has 0 saturated heterocycles. The molecule has 4 aromatic rings. The van der Waals surface area contributed by atoms with Crippen molar-refractivity contribution in [2.24, 2.45) is 0 Å². The van der Waals surface area contributed by atoms with Gasteiger partial charge < -0.3 is 9.55 Å². The van der Waals surface area contributed by atoms with Gasteiger partial charge in [-0.05, 0) is 37.3 Å². The zero-order chi connectivity index (χ0) is 19.9. The number of H-pyrrole nitrogens is 1. The van der Waals surface area contributed by atoms with Crippen molar-refractivity contribution in [3.8, 4) is 11.4 Å². The second-order valence-corrected chi connectivity index (χ2v) is 6.40. The van der Waals surface area contributed by atoms with E-state index >= 15 is 0 Å². The summed E-state index contributed by atoms with van der Waals surface area (Å²) in [5, 5.41) is 0. The number of hydrogen-bond donors (Lipinski definition) is 1. The Labute approximate surface area is 157 Å². The second-order valence-electron chi connectivity index (χ2n) is 6.40. The number of aromatic amines is 1. The topological polar surface area (TPSA) is 46.5 Å². The number of imidazole rings is 2. The molecule has 2 aromatic heterocycles. The van der Waals surface area contributed by atoms with Crippen molar-refractivity contribution in [3.05, 3.63) is 71.6 Å². The lowest BCUT2D eigenvalue weighted by atomic mass is 10.2. The first-order chi connectivity index (χ1) is 13.3. The number of alkyl halides is 3. The Kier molecular flexibility index (Phi) is 4.41. The minimum Gasteiger partial charge on any atom is -0.344 e. The molecule has 4 nitrogen and oxygen atoms in total. The summed E-state index contributed by atoms with van der Waals surface area (Å²) in [6.07, 6.45) is -2.37. The molecule has 4 rings (SSSR count). The van der Waals surface area contributed by atoms with Gasteiger partial charge in [-0.15, -0.1) is 0 Å². The molecule has 2 aromatic carbocycles. The lowest BCUT2D eigenvalue weighted by Crippen LogP contribution is -2.04. The maximum Gasteiger partial charge on any atom is 0.416 e. The Morgan fingerprint density at radius 2 is 1.89 bits per heavy atom. The molecule has 0 unspecified atom stereocenters. The van der Waals surface area contributed by atoms with Crippen LogP contribution in [0.3, 0.4) is 0 Å². The fraction of sp³-hybridized carbons (Fsp3) is 0.200. The summed E-state index contributed by atoms with van der Waals surface area (Å²) < 4.78 is 54.2. The first-order valence-electron chi connectivity index (χ1n) is 8.71. The summed E-state index contributed by atoms with van der Waals surface area (Å²) >= 11 is 0. The van der Waals surface area contributed by atoms with Gasteiger partial charge in [0.2, 0.25) is 0 Å². The fourth-order valence-electron chi connectivity index (χ4n) is 3.24. The van der Waals surface area contributed by atoms with Crippen LogP contribution in [0.25, 0.3) is 22.4 Å². The van der Waals surface area contributed by atoms with Crippen LogP contribution in [0, 0.1) is 5.82 Å². The standard InChI is InChI=1S/C20H16F4N4/c1-2-28-17-7-6-13(20(22,23)24)9-16(17)27-18(28)10-15-11-25-19(26-15)12-4-3-5-14(21)8-12/h3-9,11H,2,10H2,1H3,(H,25,26). The number of fused-ring (bicyclic) bond motifs is 1. The van der Waals surface area contributed by atoms with Gasteiger partial charge in [0, 0.05) is 24.7 Å². The van der Waals surface area contributed by atoms with Crippen molar-refractivity contribution in [1.29, 1.82) is 0 Å². The summed E-state index contributed by atoms with van der Waals surface area (Å²) in [5.74, 6) is 0.783. The van der Waals surface area contributed by atoms with Gasteiger partial charge in [-0.2, -0.15) is 13.2 Å². The van der Waals surface area contributed by atoms with Crippen LogP contribution in [0.4, 0.5) is 17.6 Å². The highest BCUT2D eigenvalue weighted by Crippen LogP contribution is 2.31. The van der Waals surface area contributed by atoms with Crippen LogP contribution in [0.5, 0.6) is 0 Å². The van der Waals surface area contributed by atoms with E-state index in [0.717, 1.165) is 12.1 Å². The molecule has 0 amide bonds. The zero-order valence-corrected chi connectivity index (χ0v) is 14.9. The van der Waals surface area contributed by atoms with Crippen molar-refractivity contribution in [2.45, 2.75) is 26.1 Å². The number of benzene rings is 2. The third-order valence-corrected chi connectivity index (χ3v) is 4.54. The predicted octanol–water partition coefficient (Wildman–Crippen LogP) is 5.20. The first-order valence-corrected chi connectivity index (χ1v) is 8.71. The molecule has 0 fully saturated rings. The van der Waals surface area contributed by atoms with Crippen molar-refractivity contribution in [1.82, 2.24) is 19.5 Å². The van der Waals surface area contributed by atoms with Crippen molar-refractivity contribution in [3.63, 3.8) is 0 Å². The molecule has 0 aliphatic rings. The molecular formula is C20H16F4N4. The van der Waals surface area contributed by atoms with Crippen LogP contribution in [-0.4, -0.2) is 19.5 Å². The number of nitrogens with one attached hydrogen (secondary N) is 1. The molecule has 0 atom stereocenters. The van der Waals surface area contributed by atoms with E-state index in [1.165, 1.54) is 18.2 Å². The molecule has 144 valence electrons. The summed E-state index contributed by atoms with van der Waals surface area (Å²) in [6.45, 7) is 2.48. The van der Waals surface area contributed by atoms with E-state index in [1.54, 1.807) is 18.3 Å². The Balaban J connectivity index is 1.68. The third-order valence-electron chi connectivity index (χ3n) is 4.54. The van der Waals surface area contributed by atoms with Crippen LogP contribution < -0.4 is 0 Å². The molecule has 0 spiro atoms. The van der Waals surface area contributed by atoms with Crippen LogP contribution in [-0.2, 0) is 19.1 Å². The van der Waals surface area contributed by atoms with Gasteiger partial charge in [-0.3, -0.25) is 0 Å². The average molecular weight is 388 g/mol. The number of aromatic nitrogens is 4. The molecule has 0 saturated carbocycles. The van der Waals surface area contributed by atoms with E-state index in [4.69, 9.17) is 0 Å². The van der Waals surface area contributed by atoms with E-state index in [-0.39, 0.29) is 5.82 Å². The Morgan fingerprint density at radius 3 is 2.61 bits per heavy atom. The molecule has 0 radical (unpaired) electrons. The molecule has 1 N–H and O–H groups in total. The predicted molar refractivity (Wildman–Crippen MR) is 97.2 cm³/mol. The molecular weight excluding hydrogens is 372 g/mol. The highest BCUT2D eigenvalue weighted by Gasteiger charge is 2.31. The lowest BCUT2D eigenvalue weighted by Gasteiger charge is -2.07. The van der Waals surface area contributed by atoms with Crippen LogP contribution in [0.15, 0.2) is 48.7 Å². The zero-order valence-electron chi connectivity index (χ0n) is 14.9. The number of hydrogen-bond acceptors (Lipinski definition) is 2. The van der Waals surface area contributed by atoms with Crippen LogP contribution in [0.1, 0.15) is 24.0 Å². The number of halogens is 4. The number of aryl methyl sites for hydroxylation is 1. The molecule has 0 bridgehead atoms. The van der Waals surface area contributed by atoms with Crippen LogP contribution >= 0.6 is 0 Å². The van der Waals surface area contributed by atoms with Crippen molar-refractivity contribution < 1.29 is 17.6 Å². The maximum atomic E-state index is 13.4. The lowest BCUT2D eigenvalue weighted by molar-refractivity contribution is -0.137. The summed E-state index contributed by atoms with van der Waals surface area (Å²) in [7, 11) is 0. The SMILES string of the molecule is CCn1c(Cc2c[nH]c(-c3cccc(F)c3)n2)nc2cc(C(F)(F)F)ccc21. The van der Waals surface area contributed by atoms with E-state index < -0.39 is 11.7 Å². The molecule has 28 heavy (non-hydrogen) atoms. The number of rotatable bonds is 4. The highest BCUT2D eigenvalue weighted by molar-refractivity contribution is 5.77. The van der Waals surface area contributed by atoms with Gasteiger partial charge in [0.15, 0.2) is 0 Å². The van der Waals surface area contributed by atoms with Gasteiger partial charge in [0.25, 0.3) is 0 Å². The van der Waals surface area contributed by atoms with E-state index in [9.17, 15) is 17.6 Å². The van der Waals surface area contributed by atoms with Crippen molar-refractivity contribution in [2.75, 3.05) is 0 Å². The quantitative estimate of drug-likeness (QED) is 0.489. The fourth-order valence-corrected chi connectivity index (χ4v) is 3.24. The Morgan fingerprint density at radius 1 is 1.07 bits per heavy atom. The van der Waals surface area contributed by atoms with E-state index in [0.29, 0.717) is 46.9 Å². The maximum absolute atomic E-state index is 13.4. The van der Waals surface area contributed by atoms with Gasteiger partial charge >= 0.3 is 6.18 Å². The summed E-state index contributed by atoms with van der Waals surface area (Å²) in [6, 6.07) is 9.65. The van der Waals surface area contributed by atoms with E-state index in [1.807, 2.05) is 11.5 Å². The summed E-state index contributed by atoms with van der Waals surface area (Å²) in [5.41, 5.74) is 1.50. The molecule has 8 heteroatoms. The number of nitrogens with zero attached hydrogens (tertiary/aromatic N) is 3. The largest absolute Gasteiger partial charge is 0.416 e. The normalized spacial score (nSPS) is 12.0. The molecule has 0 aliphatic carbocycles. The minimum absolute atomic E-state index is 0.299. The van der Waals surface area contributed by atoms with Gasteiger partial charge in [-0.25, -0.2) is 14.4 Å². The smallest absolute Gasteiger partial charge is 0.344 e. The summed E-state index contributed by atoms with van der Waals surface area (Å²) in [4.78, 5) is 11.9. The average Bonchev–Trinajstić information content (AvgIpc) is 3.24.